The van der Waals surface area contributed by atoms with Crippen molar-refractivity contribution >= 4 is 33.6 Å². The van der Waals surface area contributed by atoms with Crippen LogP contribution in [0.4, 0.5) is 5.69 Å². The van der Waals surface area contributed by atoms with Gasteiger partial charge in [0.15, 0.2) is 0 Å². The fourth-order valence-corrected chi connectivity index (χ4v) is 5.51. The summed E-state index contributed by atoms with van der Waals surface area (Å²) in [6.45, 7) is 1.69. The minimum atomic E-state index is -2.07. The Kier molecular flexibility index (Phi) is 3.62. The van der Waals surface area contributed by atoms with Crippen LogP contribution in [0.5, 0.6) is 0 Å². The molecular formula is C14H22N2OSn. The summed E-state index contributed by atoms with van der Waals surface area (Å²) in [6.07, 6.45) is 0. The number of fused-ring (bicyclic) bond motifs is 1. The molecule has 4 heteroatoms. The number of anilines is 1. The van der Waals surface area contributed by atoms with Crippen LogP contribution in [-0.2, 0) is 0 Å². The zero-order valence-electron chi connectivity index (χ0n) is 11.9. The number of nitrogens with zero attached hydrogens (tertiary/aromatic N) is 2. The maximum absolute atomic E-state index is 12.3. The Morgan fingerprint density at radius 1 is 1.06 bits per heavy atom. The number of hydrogen-bond donors (Lipinski definition) is 0. The van der Waals surface area contributed by atoms with Crippen molar-refractivity contribution in [1.29, 1.82) is 0 Å². The Morgan fingerprint density at radius 2 is 1.67 bits per heavy atom. The van der Waals surface area contributed by atoms with Crippen molar-refractivity contribution in [1.82, 2.24) is 4.90 Å². The SMILES string of the molecule is CN1CCN(C)c2c[c]([Sn]([CH3])([CH3])[CH3])ccc2C1=O. The third kappa shape index (κ3) is 2.51. The summed E-state index contributed by atoms with van der Waals surface area (Å²) in [6, 6.07) is 6.44. The number of carbonyl (C=O) groups excluding carboxylic acids is 1. The second-order valence-corrected chi connectivity index (χ2v) is 20.6. The summed E-state index contributed by atoms with van der Waals surface area (Å²) >= 11 is -2.07. The molecule has 0 unspecified atom stereocenters. The van der Waals surface area contributed by atoms with Gasteiger partial charge in [0.25, 0.3) is 0 Å². The monoisotopic (exact) mass is 354 g/mol. The van der Waals surface area contributed by atoms with Gasteiger partial charge in [0, 0.05) is 0 Å². The molecule has 1 aromatic rings. The second kappa shape index (κ2) is 4.76. The van der Waals surface area contributed by atoms with Crippen LogP contribution in [0.2, 0.25) is 14.8 Å². The van der Waals surface area contributed by atoms with Crippen molar-refractivity contribution in [3.8, 4) is 0 Å². The van der Waals surface area contributed by atoms with Crippen LogP contribution in [0.3, 0.4) is 0 Å². The Bertz CT molecular complexity index is 479. The van der Waals surface area contributed by atoms with Gasteiger partial charge in [-0.2, -0.15) is 0 Å². The van der Waals surface area contributed by atoms with E-state index in [4.69, 9.17) is 0 Å². The van der Waals surface area contributed by atoms with Crippen LogP contribution in [0.25, 0.3) is 0 Å². The molecule has 0 N–H and O–H groups in total. The van der Waals surface area contributed by atoms with Gasteiger partial charge in [-0.15, -0.1) is 0 Å². The third-order valence-electron chi connectivity index (χ3n) is 3.62. The predicted octanol–water partition coefficient (Wildman–Crippen LogP) is 1.75. The molecule has 0 aliphatic carbocycles. The zero-order chi connectivity index (χ0) is 13.5. The number of hydrogen-bond acceptors (Lipinski definition) is 2. The molecule has 0 radical (unpaired) electrons. The van der Waals surface area contributed by atoms with E-state index in [1.54, 1.807) is 0 Å². The van der Waals surface area contributed by atoms with Crippen molar-refractivity contribution < 1.29 is 4.79 Å². The molecule has 0 saturated heterocycles. The van der Waals surface area contributed by atoms with Gasteiger partial charge in [0.1, 0.15) is 0 Å². The van der Waals surface area contributed by atoms with E-state index >= 15 is 0 Å². The molecule has 0 fully saturated rings. The standard InChI is InChI=1S/C11H13N2O.3CH3.Sn/c1-12-7-8-13(2)11(14)9-5-3-4-6-10(9)12;;;;/h3,5-6H,7-8H2,1-2H3;3*1H3;. The molecule has 1 aromatic carbocycles. The summed E-state index contributed by atoms with van der Waals surface area (Å²) in [5.41, 5.74) is 1.95. The van der Waals surface area contributed by atoms with Crippen LogP contribution in [0.1, 0.15) is 10.4 Å². The van der Waals surface area contributed by atoms with Gasteiger partial charge in [0.05, 0.1) is 0 Å². The molecule has 0 aromatic heterocycles. The van der Waals surface area contributed by atoms with Gasteiger partial charge in [-0.3, -0.25) is 0 Å². The molecule has 0 bridgehead atoms. The van der Waals surface area contributed by atoms with E-state index in [9.17, 15) is 4.79 Å². The Hall–Kier alpha value is -0.711. The van der Waals surface area contributed by atoms with Crippen molar-refractivity contribution in [3.05, 3.63) is 23.8 Å². The van der Waals surface area contributed by atoms with Crippen molar-refractivity contribution in [3.63, 3.8) is 0 Å². The van der Waals surface area contributed by atoms with Crippen LogP contribution in [0, 0.1) is 0 Å². The average molecular weight is 353 g/mol. The molecule has 0 atom stereocenters. The second-order valence-electron chi connectivity index (χ2n) is 6.13. The third-order valence-corrected chi connectivity index (χ3v) is 9.45. The predicted molar refractivity (Wildman–Crippen MR) is 79.7 cm³/mol. The first kappa shape index (κ1) is 13.7. The molecule has 1 aliphatic rings. The molecular weight excluding hydrogens is 331 g/mol. The van der Waals surface area contributed by atoms with Crippen LogP contribution in [0.15, 0.2) is 18.2 Å². The number of carbonyl (C=O) groups is 1. The van der Waals surface area contributed by atoms with Crippen molar-refractivity contribution in [2.24, 2.45) is 0 Å². The molecule has 98 valence electrons. The maximum atomic E-state index is 12.3. The van der Waals surface area contributed by atoms with Gasteiger partial charge >= 0.3 is 114 Å². The van der Waals surface area contributed by atoms with E-state index < -0.39 is 18.4 Å². The molecule has 1 aliphatic heterocycles. The Balaban J connectivity index is 2.54. The quantitative estimate of drug-likeness (QED) is 0.719. The molecule has 1 amide bonds. The zero-order valence-corrected chi connectivity index (χ0v) is 14.8. The van der Waals surface area contributed by atoms with E-state index in [1.165, 1.54) is 3.58 Å². The van der Waals surface area contributed by atoms with Crippen molar-refractivity contribution in [2.75, 3.05) is 32.1 Å². The Labute approximate surface area is 114 Å². The number of amides is 1. The molecule has 2 rings (SSSR count). The first-order valence-corrected chi connectivity index (χ1v) is 16.4. The van der Waals surface area contributed by atoms with E-state index in [2.05, 4.69) is 38.9 Å². The molecule has 0 saturated carbocycles. The summed E-state index contributed by atoms with van der Waals surface area (Å²) in [4.78, 5) is 23.5. The van der Waals surface area contributed by atoms with Gasteiger partial charge in [-0.25, -0.2) is 0 Å². The van der Waals surface area contributed by atoms with Crippen LogP contribution < -0.4 is 8.48 Å². The number of benzene rings is 1. The summed E-state index contributed by atoms with van der Waals surface area (Å²) in [7, 11) is 3.95. The summed E-state index contributed by atoms with van der Waals surface area (Å²) < 4.78 is 1.48. The topological polar surface area (TPSA) is 23.6 Å². The van der Waals surface area contributed by atoms with Crippen LogP contribution in [-0.4, -0.2) is 56.4 Å². The summed E-state index contributed by atoms with van der Waals surface area (Å²) in [5, 5.41) is 0. The van der Waals surface area contributed by atoms with E-state index in [0.29, 0.717) is 0 Å². The first-order chi connectivity index (χ1) is 8.30. The van der Waals surface area contributed by atoms with Crippen molar-refractivity contribution in [2.45, 2.75) is 14.8 Å². The molecule has 1 heterocycles. The number of likely N-dealkylation sites (N-methyl/N-ethyl adjacent to an activating group) is 2. The molecule has 0 spiro atoms. The fraction of sp³-hybridized carbons (Fsp3) is 0.500. The number of rotatable bonds is 1. The van der Waals surface area contributed by atoms with E-state index in [1.807, 2.05) is 18.0 Å². The minimum absolute atomic E-state index is 0.144. The van der Waals surface area contributed by atoms with Gasteiger partial charge < -0.3 is 0 Å². The van der Waals surface area contributed by atoms with E-state index in [0.717, 1.165) is 24.3 Å². The molecule has 3 nitrogen and oxygen atoms in total. The fourth-order valence-electron chi connectivity index (χ4n) is 2.22. The average Bonchev–Trinajstić information content (AvgIpc) is 2.41. The van der Waals surface area contributed by atoms with Gasteiger partial charge in [-0.1, -0.05) is 0 Å². The Morgan fingerprint density at radius 3 is 2.28 bits per heavy atom. The first-order valence-electron chi connectivity index (χ1n) is 6.42. The summed E-state index contributed by atoms with van der Waals surface area (Å²) in [5.74, 6) is 0.144. The molecule has 18 heavy (non-hydrogen) atoms. The van der Waals surface area contributed by atoms with E-state index in [-0.39, 0.29) is 5.91 Å². The van der Waals surface area contributed by atoms with Crippen LogP contribution >= 0.6 is 0 Å². The van der Waals surface area contributed by atoms with Gasteiger partial charge in [0.2, 0.25) is 0 Å². The van der Waals surface area contributed by atoms with Gasteiger partial charge in [-0.05, 0) is 0 Å². The normalized spacial score (nSPS) is 16.6.